The van der Waals surface area contributed by atoms with Crippen LogP contribution < -0.4 is 5.32 Å². The van der Waals surface area contributed by atoms with Crippen molar-refractivity contribution in [2.45, 2.75) is 43.9 Å². The Bertz CT molecular complexity index is 142. The van der Waals surface area contributed by atoms with Crippen molar-refractivity contribution in [2.24, 2.45) is 5.92 Å². The molecule has 1 saturated heterocycles. The highest BCUT2D eigenvalue weighted by Crippen LogP contribution is 2.42. The third-order valence-corrected chi connectivity index (χ3v) is 4.93. The van der Waals surface area contributed by atoms with E-state index in [9.17, 15) is 0 Å². The van der Waals surface area contributed by atoms with Crippen molar-refractivity contribution in [1.82, 2.24) is 5.32 Å². The van der Waals surface area contributed by atoms with Gasteiger partial charge in [-0.3, -0.25) is 0 Å². The van der Waals surface area contributed by atoms with Crippen molar-refractivity contribution in [3.05, 3.63) is 0 Å². The van der Waals surface area contributed by atoms with Crippen LogP contribution in [0.25, 0.3) is 0 Å². The molecule has 0 amide bonds. The molecule has 0 bridgehead atoms. The molecule has 0 unspecified atom stereocenters. The number of hydrogen-bond donors (Lipinski definition) is 1. The maximum Gasteiger partial charge on any atom is 0.0646 e. The highest BCUT2D eigenvalue weighted by atomic mass is 32.2. The molecule has 2 rings (SSSR count). The van der Waals surface area contributed by atoms with Gasteiger partial charge in [0.2, 0.25) is 0 Å². The van der Waals surface area contributed by atoms with E-state index < -0.39 is 0 Å². The van der Waals surface area contributed by atoms with Gasteiger partial charge in [0.1, 0.15) is 0 Å². The molecule has 1 aliphatic heterocycles. The van der Waals surface area contributed by atoms with Crippen LogP contribution in [0.4, 0.5) is 0 Å². The lowest BCUT2D eigenvalue weighted by atomic mass is 9.84. The van der Waals surface area contributed by atoms with Crippen LogP contribution in [-0.2, 0) is 0 Å². The maximum absolute atomic E-state index is 3.68. The third-order valence-electron chi connectivity index (χ3n) is 3.42. The first-order valence-corrected chi connectivity index (χ1v) is 6.22. The second-order valence-corrected chi connectivity index (χ2v) is 5.60. The van der Waals surface area contributed by atoms with E-state index in [2.05, 4.69) is 24.0 Å². The standard InChI is InChI=1S/C10H19NS/c1-2-9-3-5-10(6-4-9)11-7-8-12-10/h9,11H,2-8H2,1H3. The van der Waals surface area contributed by atoms with Crippen LogP contribution in [0.15, 0.2) is 0 Å². The van der Waals surface area contributed by atoms with E-state index >= 15 is 0 Å². The highest BCUT2D eigenvalue weighted by molar-refractivity contribution is 8.00. The average Bonchev–Trinajstić information content (AvgIpc) is 2.55. The van der Waals surface area contributed by atoms with E-state index in [4.69, 9.17) is 0 Å². The Balaban J connectivity index is 1.88. The summed E-state index contributed by atoms with van der Waals surface area (Å²) >= 11 is 2.17. The first-order chi connectivity index (χ1) is 5.85. The largest absolute Gasteiger partial charge is 0.302 e. The van der Waals surface area contributed by atoms with Gasteiger partial charge < -0.3 is 5.32 Å². The SMILES string of the molecule is CCC1CCC2(CC1)NCCS2. The molecule has 1 aliphatic carbocycles. The summed E-state index contributed by atoms with van der Waals surface area (Å²) in [5.74, 6) is 2.36. The third kappa shape index (κ3) is 1.64. The molecule has 2 aliphatic rings. The first kappa shape index (κ1) is 8.89. The first-order valence-electron chi connectivity index (χ1n) is 5.24. The molecule has 70 valence electrons. The van der Waals surface area contributed by atoms with E-state index in [1.807, 2.05) is 0 Å². The van der Waals surface area contributed by atoms with Crippen molar-refractivity contribution < 1.29 is 0 Å². The molecule has 2 fully saturated rings. The minimum absolute atomic E-state index is 0.520. The van der Waals surface area contributed by atoms with Crippen molar-refractivity contribution >= 4 is 11.8 Å². The molecule has 1 spiro atoms. The van der Waals surface area contributed by atoms with Crippen LogP contribution in [0.1, 0.15) is 39.0 Å². The topological polar surface area (TPSA) is 12.0 Å². The fourth-order valence-electron chi connectivity index (χ4n) is 2.45. The zero-order chi connectivity index (χ0) is 8.44. The predicted octanol–water partition coefficient (Wildman–Crippen LogP) is 2.62. The van der Waals surface area contributed by atoms with Crippen molar-refractivity contribution in [1.29, 1.82) is 0 Å². The molecule has 1 N–H and O–H groups in total. The van der Waals surface area contributed by atoms with Crippen LogP contribution in [0.3, 0.4) is 0 Å². The molecule has 0 aromatic carbocycles. The van der Waals surface area contributed by atoms with Gasteiger partial charge in [-0.25, -0.2) is 0 Å². The smallest absolute Gasteiger partial charge is 0.0646 e. The maximum atomic E-state index is 3.68. The molecular formula is C10H19NS. The molecular weight excluding hydrogens is 166 g/mol. The van der Waals surface area contributed by atoms with E-state index in [0.29, 0.717) is 4.87 Å². The average molecular weight is 185 g/mol. The number of rotatable bonds is 1. The molecule has 12 heavy (non-hydrogen) atoms. The molecule has 1 nitrogen and oxygen atoms in total. The predicted molar refractivity (Wildman–Crippen MR) is 55.4 cm³/mol. The quantitative estimate of drug-likeness (QED) is 0.674. The van der Waals surface area contributed by atoms with Gasteiger partial charge in [-0.15, -0.1) is 11.8 Å². The fourth-order valence-corrected chi connectivity index (χ4v) is 3.77. The summed E-state index contributed by atoms with van der Waals surface area (Å²) in [6.07, 6.45) is 7.13. The fraction of sp³-hybridized carbons (Fsp3) is 1.00. The Hall–Kier alpha value is 0.310. The van der Waals surface area contributed by atoms with Gasteiger partial charge in [-0.2, -0.15) is 0 Å². The van der Waals surface area contributed by atoms with Gasteiger partial charge in [0, 0.05) is 12.3 Å². The summed E-state index contributed by atoms with van der Waals surface area (Å²) in [5, 5.41) is 3.68. The van der Waals surface area contributed by atoms with Crippen molar-refractivity contribution in [3.8, 4) is 0 Å². The molecule has 1 saturated carbocycles. The summed E-state index contributed by atoms with van der Waals surface area (Å²) in [7, 11) is 0. The van der Waals surface area contributed by atoms with E-state index in [-0.39, 0.29) is 0 Å². The highest BCUT2D eigenvalue weighted by Gasteiger charge is 2.37. The van der Waals surface area contributed by atoms with Crippen LogP contribution in [0.5, 0.6) is 0 Å². The minimum Gasteiger partial charge on any atom is -0.302 e. The van der Waals surface area contributed by atoms with Gasteiger partial charge in [0.15, 0.2) is 0 Å². The Labute approximate surface area is 79.7 Å². The number of hydrogen-bond acceptors (Lipinski definition) is 2. The summed E-state index contributed by atoms with van der Waals surface area (Å²) in [4.78, 5) is 0.520. The van der Waals surface area contributed by atoms with Crippen LogP contribution in [0, 0.1) is 5.92 Å². The Morgan fingerprint density at radius 1 is 1.42 bits per heavy atom. The molecule has 2 heteroatoms. The lowest BCUT2D eigenvalue weighted by molar-refractivity contribution is 0.272. The van der Waals surface area contributed by atoms with Gasteiger partial charge in [0.25, 0.3) is 0 Å². The zero-order valence-electron chi connectivity index (χ0n) is 7.94. The normalized spacial score (nSPS) is 42.2. The van der Waals surface area contributed by atoms with Crippen LogP contribution in [-0.4, -0.2) is 17.2 Å². The Morgan fingerprint density at radius 2 is 2.17 bits per heavy atom. The lowest BCUT2D eigenvalue weighted by Crippen LogP contribution is -2.40. The van der Waals surface area contributed by atoms with Crippen molar-refractivity contribution in [3.63, 3.8) is 0 Å². The second-order valence-electron chi connectivity index (χ2n) is 4.12. The molecule has 1 heterocycles. The summed E-state index contributed by atoms with van der Waals surface area (Å²) in [6.45, 7) is 3.57. The van der Waals surface area contributed by atoms with Gasteiger partial charge in [0.05, 0.1) is 4.87 Å². The second kappa shape index (κ2) is 3.59. The van der Waals surface area contributed by atoms with Gasteiger partial charge in [-0.05, 0) is 31.6 Å². The lowest BCUT2D eigenvalue weighted by Gasteiger charge is -2.36. The van der Waals surface area contributed by atoms with E-state index in [0.717, 1.165) is 5.92 Å². The number of nitrogens with one attached hydrogen (secondary N) is 1. The van der Waals surface area contributed by atoms with Gasteiger partial charge >= 0.3 is 0 Å². The monoisotopic (exact) mass is 185 g/mol. The molecule has 0 atom stereocenters. The Kier molecular flexibility index (Phi) is 2.66. The molecule has 0 aromatic rings. The molecule has 0 aromatic heterocycles. The van der Waals surface area contributed by atoms with Crippen LogP contribution in [0.2, 0.25) is 0 Å². The zero-order valence-corrected chi connectivity index (χ0v) is 8.75. The van der Waals surface area contributed by atoms with E-state index in [1.54, 1.807) is 0 Å². The summed E-state index contributed by atoms with van der Waals surface area (Å²) in [5.41, 5.74) is 0. The summed E-state index contributed by atoms with van der Waals surface area (Å²) in [6, 6.07) is 0. The number of thioether (sulfide) groups is 1. The Morgan fingerprint density at radius 3 is 2.67 bits per heavy atom. The van der Waals surface area contributed by atoms with Crippen molar-refractivity contribution in [2.75, 3.05) is 12.3 Å². The molecule has 0 radical (unpaired) electrons. The van der Waals surface area contributed by atoms with Gasteiger partial charge in [-0.1, -0.05) is 13.3 Å². The van der Waals surface area contributed by atoms with Crippen LogP contribution >= 0.6 is 11.8 Å². The minimum atomic E-state index is 0.520. The summed E-state index contributed by atoms with van der Waals surface area (Å²) < 4.78 is 0. The van der Waals surface area contributed by atoms with E-state index in [1.165, 1.54) is 44.4 Å².